The summed E-state index contributed by atoms with van der Waals surface area (Å²) in [4.78, 5) is 1.96. The molecule has 1 aliphatic rings. The summed E-state index contributed by atoms with van der Waals surface area (Å²) in [5, 5.41) is 2.28. The quantitative estimate of drug-likeness (QED) is 0.716. The van der Waals surface area contributed by atoms with Crippen molar-refractivity contribution in [1.82, 2.24) is 0 Å². The van der Waals surface area contributed by atoms with Crippen LogP contribution in [0.15, 0.2) is 24.3 Å². The zero-order valence-electron chi connectivity index (χ0n) is 7.73. The van der Waals surface area contributed by atoms with Crippen LogP contribution in [0.25, 0.3) is 10.1 Å². The number of ether oxygens (including phenoxy) is 1. The molecule has 2 aromatic rings. The molecule has 3 rings (SSSR count). The fourth-order valence-electron chi connectivity index (χ4n) is 1.67. The number of anilines is 1. The lowest BCUT2D eigenvalue weighted by atomic mass is 10.2. The van der Waals surface area contributed by atoms with Gasteiger partial charge >= 0.3 is 0 Å². The third-order valence-corrected chi connectivity index (χ3v) is 3.72. The van der Waals surface area contributed by atoms with Crippen molar-refractivity contribution < 1.29 is 4.74 Å². The molecule has 3 nitrogen and oxygen atoms in total. The van der Waals surface area contributed by atoms with E-state index in [-0.39, 0.29) is 6.35 Å². The van der Waals surface area contributed by atoms with Crippen LogP contribution in [0.2, 0.25) is 0 Å². The Morgan fingerprint density at radius 3 is 3.07 bits per heavy atom. The average molecular weight is 206 g/mol. The van der Waals surface area contributed by atoms with Crippen molar-refractivity contribution in [1.29, 1.82) is 0 Å². The molecule has 2 N–H and O–H groups in total. The second kappa shape index (κ2) is 2.62. The zero-order chi connectivity index (χ0) is 9.71. The Hall–Kier alpha value is -1.26. The highest BCUT2D eigenvalue weighted by Gasteiger charge is 2.28. The van der Waals surface area contributed by atoms with Crippen molar-refractivity contribution in [3.63, 3.8) is 0 Å². The first-order valence-corrected chi connectivity index (χ1v) is 5.25. The van der Waals surface area contributed by atoms with Crippen LogP contribution < -0.4 is 15.4 Å². The van der Waals surface area contributed by atoms with Crippen molar-refractivity contribution >= 4 is 26.4 Å². The summed E-state index contributed by atoms with van der Waals surface area (Å²) in [6.07, 6.45) is -0.333. The normalized spacial score (nSPS) is 19.9. The molecule has 72 valence electrons. The fraction of sp³-hybridized carbons (Fsp3) is 0.200. The smallest absolute Gasteiger partial charge is 0.228 e. The molecule has 1 unspecified atom stereocenters. The van der Waals surface area contributed by atoms with Gasteiger partial charge in [0.25, 0.3) is 0 Å². The maximum absolute atomic E-state index is 5.77. The van der Waals surface area contributed by atoms with E-state index in [1.54, 1.807) is 11.3 Å². The SMILES string of the molecule is CN1c2sc3ccccc3c2OC1N. The lowest BCUT2D eigenvalue weighted by Crippen LogP contribution is -2.39. The number of nitrogens with zero attached hydrogens (tertiary/aromatic N) is 1. The van der Waals surface area contributed by atoms with Crippen LogP contribution in [0.1, 0.15) is 0 Å². The van der Waals surface area contributed by atoms with Crippen molar-refractivity contribution in [3.8, 4) is 5.75 Å². The van der Waals surface area contributed by atoms with E-state index in [9.17, 15) is 0 Å². The highest BCUT2D eigenvalue weighted by atomic mass is 32.1. The molecule has 0 aliphatic carbocycles. The van der Waals surface area contributed by atoms with Crippen LogP contribution >= 0.6 is 11.3 Å². The molecule has 1 aliphatic heterocycles. The molecule has 14 heavy (non-hydrogen) atoms. The lowest BCUT2D eigenvalue weighted by molar-refractivity contribution is 0.240. The van der Waals surface area contributed by atoms with Crippen molar-refractivity contribution in [2.45, 2.75) is 6.35 Å². The largest absolute Gasteiger partial charge is 0.454 e. The van der Waals surface area contributed by atoms with Crippen LogP contribution in [0.5, 0.6) is 5.75 Å². The molecule has 0 saturated carbocycles. The Balaban J connectivity index is 2.31. The van der Waals surface area contributed by atoms with Gasteiger partial charge in [0, 0.05) is 17.1 Å². The van der Waals surface area contributed by atoms with E-state index in [2.05, 4.69) is 12.1 Å². The van der Waals surface area contributed by atoms with E-state index >= 15 is 0 Å². The van der Waals surface area contributed by atoms with Crippen molar-refractivity contribution in [2.75, 3.05) is 11.9 Å². The van der Waals surface area contributed by atoms with Crippen molar-refractivity contribution in [2.24, 2.45) is 5.73 Å². The van der Waals surface area contributed by atoms with Gasteiger partial charge in [0.15, 0.2) is 5.75 Å². The molecule has 1 aromatic heterocycles. The predicted molar refractivity (Wildman–Crippen MR) is 58.8 cm³/mol. The van der Waals surface area contributed by atoms with E-state index < -0.39 is 0 Å². The highest BCUT2D eigenvalue weighted by molar-refractivity contribution is 7.23. The monoisotopic (exact) mass is 206 g/mol. The van der Waals surface area contributed by atoms with Gasteiger partial charge in [-0.3, -0.25) is 5.73 Å². The summed E-state index contributed by atoms with van der Waals surface area (Å²) in [7, 11) is 1.95. The van der Waals surface area contributed by atoms with Gasteiger partial charge in [-0.15, -0.1) is 11.3 Å². The molecule has 0 spiro atoms. The average Bonchev–Trinajstić information content (AvgIpc) is 2.67. The molecule has 4 heteroatoms. The van der Waals surface area contributed by atoms with Gasteiger partial charge in [0.05, 0.1) is 0 Å². The molecular weight excluding hydrogens is 196 g/mol. The third-order valence-electron chi connectivity index (χ3n) is 2.47. The van der Waals surface area contributed by atoms with Gasteiger partial charge in [-0.2, -0.15) is 0 Å². The van der Waals surface area contributed by atoms with Crippen LogP contribution in [0, 0.1) is 0 Å². The maximum Gasteiger partial charge on any atom is 0.228 e. The molecule has 0 saturated heterocycles. The molecule has 2 heterocycles. The summed E-state index contributed by atoms with van der Waals surface area (Å²) >= 11 is 1.72. The molecule has 1 aromatic carbocycles. The molecule has 0 fully saturated rings. The van der Waals surface area contributed by atoms with E-state index in [0.29, 0.717) is 0 Å². The molecule has 0 amide bonds. The van der Waals surface area contributed by atoms with Crippen LogP contribution in [0.4, 0.5) is 5.00 Å². The molecule has 0 bridgehead atoms. The number of fused-ring (bicyclic) bond motifs is 3. The van der Waals surface area contributed by atoms with Gasteiger partial charge in [-0.05, 0) is 12.1 Å². The van der Waals surface area contributed by atoms with Gasteiger partial charge in [-0.1, -0.05) is 12.1 Å². The van der Waals surface area contributed by atoms with Crippen LogP contribution in [-0.4, -0.2) is 13.4 Å². The summed E-state index contributed by atoms with van der Waals surface area (Å²) in [6, 6.07) is 8.22. The number of rotatable bonds is 0. The molecule has 1 atom stereocenters. The number of nitrogens with two attached hydrogens (primary N) is 1. The Morgan fingerprint density at radius 1 is 1.43 bits per heavy atom. The number of hydrogen-bond donors (Lipinski definition) is 1. The molecular formula is C10H10N2OS. The first-order chi connectivity index (χ1) is 6.77. The second-order valence-electron chi connectivity index (χ2n) is 3.35. The van der Waals surface area contributed by atoms with E-state index in [4.69, 9.17) is 10.5 Å². The topological polar surface area (TPSA) is 38.5 Å². The highest BCUT2D eigenvalue weighted by Crippen LogP contribution is 2.47. The minimum absolute atomic E-state index is 0.333. The standard InChI is InChI=1S/C10H10N2OS/c1-12-9-8(13-10(12)11)6-4-2-3-5-7(6)14-9/h2-5,10H,11H2,1H3. The van der Waals surface area contributed by atoms with E-state index in [0.717, 1.165) is 16.1 Å². The van der Waals surface area contributed by atoms with Gasteiger partial charge in [-0.25, -0.2) is 0 Å². The number of benzene rings is 1. The predicted octanol–water partition coefficient (Wildman–Crippen LogP) is 1.97. The van der Waals surface area contributed by atoms with E-state index in [1.807, 2.05) is 24.1 Å². The van der Waals surface area contributed by atoms with Gasteiger partial charge in [0.1, 0.15) is 5.00 Å². The Morgan fingerprint density at radius 2 is 2.21 bits per heavy atom. The summed E-state index contributed by atoms with van der Waals surface area (Å²) in [5.74, 6) is 0.931. The van der Waals surface area contributed by atoms with Gasteiger partial charge < -0.3 is 9.64 Å². The fourth-order valence-corrected chi connectivity index (χ4v) is 2.79. The third kappa shape index (κ3) is 0.895. The molecule has 0 radical (unpaired) electrons. The minimum Gasteiger partial charge on any atom is -0.454 e. The first-order valence-electron chi connectivity index (χ1n) is 4.44. The zero-order valence-corrected chi connectivity index (χ0v) is 8.54. The van der Waals surface area contributed by atoms with Crippen LogP contribution in [0.3, 0.4) is 0 Å². The number of thiophene rings is 1. The number of hydrogen-bond acceptors (Lipinski definition) is 4. The maximum atomic E-state index is 5.77. The summed E-state index contributed by atoms with van der Waals surface area (Å²) in [6.45, 7) is 0. The Bertz CT molecular complexity index is 494. The first kappa shape index (κ1) is 8.08. The summed E-state index contributed by atoms with van der Waals surface area (Å²) in [5.41, 5.74) is 5.77. The second-order valence-corrected chi connectivity index (χ2v) is 4.38. The minimum atomic E-state index is -0.333. The summed E-state index contributed by atoms with van der Waals surface area (Å²) < 4.78 is 6.83. The lowest BCUT2D eigenvalue weighted by Gasteiger charge is -2.14. The van der Waals surface area contributed by atoms with Crippen LogP contribution in [-0.2, 0) is 0 Å². The Kier molecular flexibility index (Phi) is 1.51. The van der Waals surface area contributed by atoms with Gasteiger partial charge in [0.2, 0.25) is 6.35 Å². The van der Waals surface area contributed by atoms with Crippen molar-refractivity contribution in [3.05, 3.63) is 24.3 Å². The Labute approximate surface area is 85.7 Å². The van der Waals surface area contributed by atoms with E-state index in [1.165, 1.54) is 4.70 Å².